The third-order valence-corrected chi connectivity index (χ3v) is 4.14. The third kappa shape index (κ3) is 4.06. The molecule has 0 bridgehead atoms. The summed E-state index contributed by atoms with van der Waals surface area (Å²) in [5, 5.41) is 0. The number of nitrogens with zero attached hydrogens (tertiary/aromatic N) is 1. The maximum atomic E-state index is 12.1. The van der Waals surface area contributed by atoms with E-state index in [1.165, 1.54) is 0 Å². The van der Waals surface area contributed by atoms with Crippen molar-refractivity contribution in [3.8, 4) is 5.75 Å². The van der Waals surface area contributed by atoms with Crippen LogP contribution in [-0.2, 0) is 0 Å². The zero-order valence-corrected chi connectivity index (χ0v) is 11.4. The number of hydrogen-bond acceptors (Lipinski definition) is 4. The highest BCUT2D eigenvalue weighted by atomic mass is 32.2. The first kappa shape index (κ1) is 14.6. The van der Waals surface area contributed by atoms with Crippen LogP contribution >= 0.6 is 11.8 Å². The molecule has 0 saturated carbocycles. The lowest BCUT2D eigenvalue weighted by molar-refractivity contribution is -0.0498. The predicted octanol–water partition coefficient (Wildman–Crippen LogP) is 2.34. The second-order valence-electron chi connectivity index (χ2n) is 4.35. The Morgan fingerprint density at radius 1 is 1.21 bits per heavy atom. The largest absolute Gasteiger partial charge is 0.435 e. The molecule has 106 valence electrons. The second-order valence-corrected chi connectivity index (χ2v) is 5.57. The molecule has 0 aliphatic carbocycles. The minimum Gasteiger partial charge on any atom is -0.435 e. The van der Waals surface area contributed by atoms with Gasteiger partial charge in [-0.2, -0.15) is 20.5 Å². The molecule has 1 atom stereocenters. The molecule has 1 aromatic rings. The van der Waals surface area contributed by atoms with Crippen LogP contribution in [0.15, 0.2) is 24.3 Å². The summed E-state index contributed by atoms with van der Waals surface area (Å²) in [5.41, 5.74) is 6.91. The zero-order valence-electron chi connectivity index (χ0n) is 10.6. The molecule has 0 aromatic heterocycles. The summed E-state index contributed by atoms with van der Waals surface area (Å²) < 4.78 is 28.5. The van der Waals surface area contributed by atoms with Gasteiger partial charge in [0.15, 0.2) is 0 Å². The molecule has 1 aliphatic heterocycles. The van der Waals surface area contributed by atoms with Crippen molar-refractivity contribution in [3.63, 3.8) is 0 Å². The minimum atomic E-state index is -2.78. The molecule has 1 fully saturated rings. The average Bonchev–Trinajstić information content (AvgIpc) is 2.42. The Labute approximate surface area is 116 Å². The van der Waals surface area contributed by atoms with Crippen LogP contribution < -0.4 is 10.5 Å². The molecule has 0 radical (unpaired) electrons. The van der Waals surface area contributed by atoms with Crippen molar-refractivity contribution in [2.45, 2.75) is 12.7 Å². The first-order chi connectivity index (χ1) is 9.20. The second kappa shape index (κ2) is 7.07. The Hall–Kier alpha value is -0.850. The van der Waals surface area contributed by atoms with Gasteiger partial charge in [-0.3, -0.25) is 4.90 Å². The monoisotopic (exact) mass is 288 g/mol. The summed E-state index contributed by atoms with van der Waals surface area (Å²) in [5.74, 6) is 2.41. The number of benzene rings is 1. The van der Waals surface area contributed by atoms with Crippen LogP contribution in [0.25, 0.3) is 0 Å². The van der Waals surface area contributed by atoms with E-state index in [2.05, 4.69) is 9.64 Å². The van der Waals surface area contributed by atoms with Crippen LogP contribution in [0.1, 0.15) is 11.6 Å². The van der Waals surface area contributed by atoms with Crippen LogP contribution in [0, 0.1) is 0 Å². The van der Waals surface area contributed by atoms with Crippen LogP contribution in [0.5, 0.6) is 5.75 Å². The molecule has 1 saturated heterocycles. The molecule has 1 heterocycles. The molecule has 3 nitrogen and oxygen atoms in total. The number of alkyl halides is 2. The number of ether oxygens (including phenoxy) is 1. The highest BCUT2D eigenvalue weighted by Crippen LogP contribution is 2.25. The topological polar surface area (TPSA) is 38.5 Å². The number of halogens is 2. The third-order valence-electron chi connectivity index (χ3n) is 3.20. The lowest BCUT2D eigenvalue weighted by Gasteiger charge is -2.34. The molecule has 6 heteroatoms. The first-order valence-corrected chi connectivity index (χ1v) is 7.43. The lowest BCUT2D eigenvalue weighted by Crippen LogP contribution is -2.39. The predicted molar refractivity (Wildman–Crippen MR) is 73.8 cm³/mol. The van der Waals surface area contributed by atoms with Gasteiger partial charge in [-0.15, -0.1) is 0 Å². The maximum absolute atomic E-state index is 12.1. The standard InChI is InChI=1S/C13H18F2N2OS/c14-13(15)18-11-3-1-10(2-4-11)12(9-16)17-5-7-19-8-6-17/h1-4,12-13H,5-9,16H2. The molecule has 0 spiro atoms. The van der Waals surface area contributed by atoms with Crippen molar-refractivity contribution in [1.29, 1.82) is 0 Å². The molecule has 2 rings (SSSR count). The van der Waals surface area contributed by atoms with Crippen molar-refractivity contribution in [1.82, 2.24) is 4.90 Å². The van der Waals surface area contributed by atoms with Crippen LogP contribution in [0.3, 0.4) is 0 Å². The van der Waals surface area contributed by atoms with Gasteiger partial charge in [0.25, 0.3) is 0 Å². The molecule has 0 amide bonds. The Morgan fingerprint density at radius 2 is 1.84 bits per heavy atom. The number of thioether (sulfide) groups is 1. The van der Waals surface area contributed by atoms with E-state index in [1.807, 2.05) is 23.9 Å². The van der Waals surface area contributed by atoms with E-state index in [4.69, 9.17) is 5.73 Å². The van der Waals surface area contributed by atoms with Crippen molar-refractivity contribution in [2.75, 3.05) is 31.1 Å². The van der Waals surface area contributed by atoms with Gasteiger partial charge in [-0.05, 0) is 17.7 Å². The van der Waals surface area contributed by atoms with Crippen LogP contribution in [-0.4, -0.2) is 42.7 Å². The Kier molecular flexibility index (Phi) is 5.42. The fourth-order valence-corrected chi connectivity index (χ4v) is 3.19. The van der Waals surface area contributed by atoms with E-state index in [0.29, 0.717) is 6.54 Å². The minimum absolute atomic E-state index is 0.154. The van der Waals surface area contributed by atoms with Gasteiger partial charge in [-0.1, -0.05) is 12.1 Å². The summed E-state index contributed by atoms with van der Waals surface area (Å²) >= 11 is 1.95. The molecule has 1 unspecified atom stereocenters. The van der Waals surface area contributed by atoms with Crippen LogP contribution in [0.4, 0.5) is 8.78 Å². The van der Waals surface area contributed by atoms with Gasteiger partial charge in [0, 0.05) is 37.2 Å². The highest BCUT2D eigenvalue weighted by molar-refractivity contribution is 7.99. The van der Waals surface area contributed by atoms with Crippen molar-refractivity contribution < 1.29 is 13.5 Å². The normalized spacial score (nSPS) is 18.5. The fourth-order valence-electron chi connectivity index (χ4n) is 2.26. The van der Waals surface area contributed by atoms with Crippen molar-refractivity contribution in [2.24, 2.45) is 5.73 Å². The van der Waals surface area contributed by atoms with E-state index in [9.17, 15) is 8.78 Å². The maximum Gasteiger partial charge on any atom is 0.387 e. The Balaban J connectivity index is 2.05. The van der Waals surface area contributed by atoms with Gasteiger partial charge < -0.3 is 10.5 Å². The number of rotatable bonds is 5. The smallest absolute Gasteiger partial charge is 0.387 e. The van der Waals surface area contributed by atoms with Crippen LogP contribution in [0.2, 0.25) is 0 Å². The van der Waals surface area contributed by atoms with Gasteiger partial charge in [-0.25, -0.2) is 0 Å². The average molecular weight is 288 g/mol. The van der Waals surface area contributed by atoms with Crippen molar-refractivity contribution >= 4 is 11.8 Å². The Bertz CT molecular complexity index is 383. The quantitative estimate of drug-likeness (QED) is 0.902. The van der Waals surface area contributed by atoms with Gasteiger partial charge >= 0.3 is 6.61 Å². The summed E-state index contributed by atoms with van der Waals surface area (Å²) in [7, 11) is 0. The van der Waals surface area contributed by atoms with Gasteiger partial charge in [0.1, 0.15) is 5.75 Å². The molecule has 1 aromatic carbocycles. The molecular weight excluding hydrogens is 270 g/mol. The van der Waals surface area contributed by atoms with Crippen molar-refractivity contribution in [3.05, 3.63) is 29.8 Å². The lowest BCUT2D eigenvalue weighted by atomic mass is 10.1. The van der Waals surface area contributed by atoms with E-state index >= 15 is 0 Å². The summed E-state index contributed by atoms with van der Waals surface area (Å²) in [6.45, 7) is -0.223. The van der Waals surface area contributed by atoms with Gasteiger partial charge in [0.05, 0.1) is 0 Å². The highest BCUT2D eigenvalue weighted by Gasteiger charge is 2.21. The molecule has 2 N–H and O–H groups in total. The molecule has 19 heavy (non-hydrogen) atoms. The van der Waals surface area contributed by atoms with E-state index < -0.39 is 6.61 Å². The van der Waals surface area contributed by atoms with E-state index in [-0.39, 0.29) is 11.8 Å². The number of hydrogen-bond donors (Lipinski definition) is 1. The number of nitrogens with two attached hydrogens (primary N) is 1. The SMILES string of the molecule is NCC(c1ccc(OC(F)F)cc1)N1CCSCC1. The summed E-state index contributed by atoms with van der Waals surface area (Å²) in [6.07, 6.45) is 0. The zero-order chi connectivity index (χ0) is 13.7. The fraction of sp³-hybridized carbons (Fsp3) is 0.538. The first-order valence-electron chi connectivity index (χ1n) is 6.27. The van der Waals surface area contributed by atoms with E-state index in [1.54, 1.807) is 12.1 Å². The summed E-state index contributed by atoms with van der Waals surface area (Å²) in [6, 6.07) is 6.93. The van der Waals surface area contributed by atoms with Gasteiger partial charge in [0.2, 0.25) is 0 Å². The Morgan fingerprint density at radius 3 is 2.37 bits per heavy atom. The molecule has 1 aliphatic rings. The summed E-state index contributed by atoms with van der Waals surface area (Å²) in [4.78, 5) is 2.35. The molecular formula is C13H18F2N2OS. The van der Waals surface area contributed by atoms with E-state index in [0.717, 1.165) is 30.2 Å².